The van der Waals surface area contributed by atoms with Gasteiger partial charge in [-0.1, -0.05) is 0 Å². The molecule has 0 amide bonds. The Morgan fingerprint density at radius 2 is 1.10 bits per heavy atom. The van der Waals surface area contributed by atoms with E-state index in [0.29, 0.717) is 9.63 Å². The van der Waals surface area contributed by atoms with Crippen LogP contribution in [-0.4, -0.2) is 30.6 Å². The van der Waals surface area contributed by atoms with Crippen LogP contribution >= 0.6 is 0 Å². The first-order valence-corrected chi connectivity index (χ1v) is 10.1. The predicted molar refractivity (Wildman–Crippen MR) is 91.4 cm³/mol. The molecular weight excluding hydrogens is 390 g/mol. The third-order valence-corrected chi connectivity index (χ3v) is 7.83. The molecular formula is C18H18OSe2. The molecule has 2 aromatic carbocycles. The van der Waals surface area contributed by atoms with E-state index in [1.54, 1.807) is 0 Å². The van der Waals surface area contributed by atoms with Gasteiger partial charge in [0.25, 0.3) is 0 Å². The zero-order chi connectivity index (χ0) is 14.9. The average Bonchev–Trinajstić information content (AvgIpc) is 2.57. The second-order valence-corrected chi connectivity index (χ2v) is 9.10. The maximum absolute atomic E-state index is 6.03. The Morgan fingerprint density at radius 3 is 1.43 bits per heavy atom. The summed E-state index contributed by atoms with van der Waals surface area (Å²) in [5.74, 6) is 0. The van der Waals surface area contributed by atoms with E-state index in [1.165, 1.54) is 11.1 Å². The van der Waals surface area contributed by atoms with E-state index in [1.807, 2.05) is 24.3 Å². The number of benzene rings is 2. The summed E-state index contributed by atoms with van der Waals surface area (Å²) < 4.78 is 6.03. The van der Waals surface area contributed by atoms with E-state index in [4.69, 9.17) is 2.90 Å². The summed E-state index contributed by atoms with van der Waals surface area (Å²) in [5, 5.41) is 0. The van der Waals surface area contributed by atoms with Gasteiger partial charge in [-0.05, 0) is 0 Å². The molecule has 0 radical (unpaired) electrons. The fourth-order valence-electron chi connectivity index (χ4n) is 1.85. The van der Waals surface area contributed by atoms with E-state index in [9.17, 15) is 0 Å². The first-order chi connectivity index (χ1) is 10.3. The van der Waals surface area contributed by atoms with Gasteiger partial charge in [0.1, 0.15) is 0 Å². The van der Waals surface area contributed by atoms with Crippen LogP contribution in [0.2, 0.25) is 0 Å². The molecule has 0 bridgehead atoms. The van der Waals surface area contributed by atoms with Crippen molar-refractivity contribution in [2.24, 2.45) is 0 Å². The van der Waals surface area contributed by atoms with Crippen LogP contribution in [0.3, 0.4) is 0 Å². The quantitative estimate of drug-likeness (QED) is 0.472. The SMILES string of the molecule is C=CC([Se]O[Se]C(C=C)c1ccccc1)c1ccccc1. The molecule has 0 heterocycles. The Morgan fingerprint density at radius 1 is 0.714 bits per heavy atom. The van der Waals surface area contributed by atoms with Gasteiger partial charge in [-0.25, -0.2) is 0 Å². The molecule has 0 N–H and O–H groups in total. The number of hydrogen-bond donors (Lipinski definition) is 0. The molecule has 1 nitrogen and oxygen atoms in total. The summed E-state index contributed by atoms with van der Waals surface area (Å²) in [4.78, 5) is 0.614. The Hall–Kier alpha value is -1.08. The zero-order valence-electron chi connectivity index (χ0n) is 11.7. The van der Waals surface area contributed by atoms with E-state index < -0.39 is 0 Å². The van der Waals surface area contributed by atoms with E-state index in [2.05, 4.69) is 61.7 Å². The first kappa shape index (κ1) is 16.3. The van der Waals surface area contributed by atoms with E-state index in [-0.39, 0.29) is 30.6 Å². The summed E-state index contributed by atoms with van der Waals surface area (Å²) >= 11 is 0.137. The second kappa shape index (κ2) is 9.04. The Balaban J connectivity index is 1.90. The van der Waals surface area contributed by atoms with Crippen molar-refractivity contribution in [2.75, 3.05) is 0 Å². The predicted octanol–water partition coefficient (Wildman–Crippen LogP) is 4.10. The number of allylic oxidation sites excluding steroid dienone is 2. The van der Waals surface area contributed by atoms with Gasteiger partial charge in [0, 0.05) is 0 Å². The molecule has 0 aromatic heterocycles. The van der Waals surface area contributed by atoms with Gasteiger partial charge in [0.05, 0.1) is 0 Å². The summed E-state index contributed by atoms with van der Waals surface area (Å²) in [5.41, 5.74) is 2.55. The minimum atomic E-state index is 0.0686. The van der Waals surface area contributed by atoms with Crippen LogP contribution in [0.5, 0.6) is 0 Å². The molecule has 0 aliphatic carbocycles. The van der Waals surface area contributed by atoms with Gasteiger partial charge in [0.2, 0.25) is 0 Å². The van der Waals surface area contributed by atoms with Crippen molar-refractivity contribution in [1.29, 1.82) is 0 Å². The van der Waals surface area contributed by atoms with Gasteiger partial charge in [-0.2, -0.15) is 0 Å². The van der Waals surface area contributed by atoms with Crippen molar-refractivity contribution in [2.45, 2.75) is 9.63 Å². The minimum absolute atomic E-state index is 0.0686. The molecule has 2 aromatic rings. The summed E-state index contributed by atoms with van der Waals surface area (Å²) in [6.07, 6.45) is 3.97. The Labute approximate surface area is 140 Å². The van der Waals surface area contributed by atoms with Gasteiger partial charge in [-0.15, -0.1) is 0 Å². The monoisotopic (exact) mass is 410 g/mol. The molecule has 21 heavy (non-hydrogen) atoms. The molecule has 0 saturated carbocycles. The van der Waals surface area contributed by atoms with Gasteiger partial charge in [-0.3, -0.25) is 0 Å². The third kappa shape index (κ3) is 5.00. The van der Waals surface area contributed by atoms with Gasteiger partial charge >= 0.3 is 140 Å². The Kier molecular flexibility index (Phi) is 7.02. The second-order valence-electron chi connectivity index (χ2n) is 4.39. The Bertz CT molecular complexity index is 502. The molecule has 2 atom stereocenters. The van der Waals surface area contributed by atoms with Crippen LogP contribution in [0.25, 0.3) is 0 Å². The van der Waals surface area contributed by atoms with Crippen LogP contribution in [0, 0.1) is 0 Å². The van der Waals surface area contributed by atoms with Crippen molar-refractivity contribution < 1.29 is 2.90 Å². The standard InChI is InChI=1S/C18H18OSe2/c1-3-17(15-11-7-5-8-12-15)20-19-21-18(4-2)16-13-9-6-10-14-16/h3-14,17-18H,1-2H2. The van der Waals surface area contributed by atoms with Crippen molar-refractivity contribution in [3.63, 3.8) is 0 Å². The normalized spacial score (nSPS) is 13.3. The molecule has 0 spiro atoms. The molecule has 2 rings (SSSR count). The van der Waals surface area contributed by atoms with Crippen molar-refractivity contribution >= 4 is 30.6 Å². The average molecular weight is 408 g/mol. The fraction of sp³-hybridized carbons (Fsp3) is 0.111. The topological polar surface area (TPSA) is 9.23 Å². The summed E-state index contributed by atoms with van der Waals surface area (Å²) in [7, 11) is 0. The number of hydrogen-bond acceptors (Lipinski definition) is 1. The molecule has 0 fully saturated rings. The summed E-state index contributed by atoms with van der Waals surface area (Å²) in [6.45, 7) is 7.87. The molecule has 3 heteroatoms. The zero-order valence-corrected chi connectivity index (χ0v) is 15.1. The number of rotatable bonds is 8. The van der Waals surface area contributed by atoms with Crippen LogP contribution in [-0.2, 0) is 2.90 Å². The van der Waals surface area contributed by atoms with Crippen LogP contribution in [0.15, 0.2) is 86.0 Å². The van der Waals surface area contributed by atoms with Crippen molar-refractivity contribution in [1.82, 2.24) is 0 Å². The van der Waals surface area contributed by atoms with Gasteiger partial charge < -0.3 is 0 Å². The molecule has 0 saturated heterocycles. The van der Waals surface area contributed by atoms with Crippen LogP contribution < -0.4 is 0 Å². The molecule has 2 unspecified atom stereocenters. The van der Waals surface area contributed by atoms with Gasteiger partial charge in [0.15, 0.2) is 0 Å². The maximum atomic E-state index is 6.03. The first-order valence-electron chi connectivity index (χ1n) is 6.69. The summed E-state index contributed by atoms with van der Waals surface area (Å²) in [6, 6.07) is 20.8. The third-order valence-electron chi connectivity index (χ3n) is 2.97. The fourth-order valence-corrected chi connectivity index (χ4v) is 6.10. The molecule has 108 valence electrons. The molecule has 0 aliphatic rings. The van der Waals surface area contributed by atoms with Crippen LogP contribution in [0.4, 0.5) is 0 Å². The van der Waals surface area contributed by atoms with Crippen LogP contribution in [0.1, 0.15) is 20.8 Å². The molecule has 0 aliphatic heterocycles. The van der Waals surface area contributed by atoms with Crippen molar-refractivity contribution in [3.8, 4) is 0 Å². The van der Waals surface area contributed by atoms with Crippen molar-refractivity contribution in [3.05, 3.63) is 97.1 Å². The van der Waals surface area contributed by atoms with E-state index in [0.717, 1.165) is 0 Å². The van der Waals surface area contributed by atoms with E-state index >= 15 is 0 Å².